The van der Waals surface area contributed by atoms with Crippen molar-refractivity contribution in [2.45, 2.75) is 70.9 Å². The van der Waals surface area contributed by atoms with Gasteiger partial charge >= 0.3 is 0 Å². The number of amides is 1. The topological polar surface area (TPSA) is 70.6 Å². The Hall–Kier alpha value is -2.83. The van der Waals surface area contributed by atoms with E-state index in [0.717, 1.165) is 42.2 Å². The lowest BCUT2D eigenvalue weighted by atomic mass is 10.0. The number of nitrogens with one attached hydrogen (secondary N) is 1. The number of aromatic nitrogens is 2. The lowest BCUT2D eigenvalue weighted by Crippen LogP contribution is -2.55. The third-order valence-electron chi connectivity index (χ3n) is 6.55. The van der Waals surface area contributed by atoms with E-state index in [1.807, 2.05) is 13.1 Å². The summed E-state index contributed by atoms with van der Waals surface area (Å²) < 4.78 is 5.61. The van der Waals surface area contributed by atoms with E-state index in [4.69, 9.17) is 9.72 Å². The fourth-order valence-corrected chi connectivity index (χ4v) is 4.73. The molecule has 2 heterocycles. The molecule has 1 aromatic heterocycles. The normalized spacial score (nSPS) is 19.2. The average Bonchev–Trinajstić information content (AvgIpc) is 3.30. The molecule has 1 aromatic carbocycles. The summed E-state index contributed by atoms with van der Waals surface area (Å²) in [6.45, 7) is 6.40. The van der Waals surface area contributed by atoms with Crippen molar-refractivity contribution < 1.29 is 9.53 Å². The van der Waals surface area contributed by atoms with E-state index < -0.39 is 0 Å². The highest BCUT2D eigenvalue weighted by Gasteiger charge is 2.41. The van der Waals surface area contributed by atoms with Gasteiger partial charge in [-0.2, -0.15) is 4.98 Å². The Labute approximate surface area is 184 Å². The number of likely N-dealkylation sites (N-methyl/N-ethyl adjacent to an activating group) is 1. The SMILES string of the molecule is CC[C@H]1C(=O)N(C)c2cnc(Nc3ccc(C(C)C)cc3OC)nc2N1C1CCCC1. The van der Waals surface area contributed by atoms with E-state index in [1.54, 1.807) is 18.2 Å². The number of benzene rings is 1. The Morgan fingerprint density at radius 2 is 2.00 bits per heavy atom. The van der Waals surface area contributed by atoms with Crippen LogP contribution in [0.1, 0.15) is 64.4 Å². The first-order chi connectivity index (χ1) is 14.9. The van der Waals surface area contributed by atoms with Gasteiger partial charge in [-0.15, -0.1) is 0 Å². The zero-order valence-corrected chi connectivity index (χ0v) is 19.2. The summed E-state index contributed by atoms with van der Waals surface area (Å²) in [5.41, 5.74) is 2.81. The van der Waals surface area contributed by atoms with Crippen molar-refractivity contribution in [1.82, 2.24) is 9.97 Å². The molecular weight excluding hydrogens is 390 g/mol. The van der Waals surface area contributed by atoms with Crippen LogP contribution in [0.15, 0.2) is 24.4 Å². The molecule has 1 atom stereocenters. The second-order valence-electron chi connectivity index (χ2n) is 8.81. The maximum absolute atomic E-state index is 13.0. The number of nitrogens with zero attached hydrogens (tertiary/aromatic N) is 4. The van der Waals surface area contributed by atoms with Crippen LogP contribution in [-0.2, 0) is 4.79 Å². The minimum atomic E-state index is -0.178. The first-order valence-electron chi connectivity index (χ1n) is 11.3. The Balaban J connectivity index is 1.71. The van der Waals surface area contributed by atoms with E-state index in [2.05, 4.69) is 48.1 Å². The summed E-state index contributed by atoms with van der Waals surface area (Å²) in [7, 11) is 3.49. The van der Waals surface area contributed by atoms with Crippen molar-refractivity contribution in [3.05, 3.63) is 30.0 Å². The van der Waals surface area contributed by atoms with Gasteiger partial charge in [0.1, 0.15) is 17.5 Å². The number of hydrogen-bond acceptors (Lipinski definition) is 6. The first-order valence-corrected chi connectivity index (χ1v) is 11.3. The lowest BCUT2D eigenvalue weighted by molar-refractivity contribution is -0.120. The molecule has 31 heavy (non-hydrogen) atoms. The molecule has 0 bridgehead atoms. The van der Waals surface area contributed by atoms with Crippen molar-refractivity contribution in [2.75, 3.05) is 29.3 Å². The van der Waals surface area contributed by atoms with Crippen molar-refractivity contribution in [3.8, 4) is 5.75 Å². The van der Waals surface area contributed by atoms with E-state index in [1.165, 1.54) is 18.4 Å². The van der Waals surface area contributed by atoms with Gasteiger partial charge in [0.15, 0.2) is 5.82 Å². The quantitative estimate of drug-likeness (QED) is 0.716. The Morgan fingerprint density at radius 1 is 1.26 bits per heavy atom. The molecule has 0 radical (unpaired) electrons. The minimum Gasteiger partial charge on any atom is -0.495 e. The molecule has 1 amide bonds. The number of fused-ring (bicyclic) bond motifs is 1. The highest BCUT2D eigenvalue weighted by molar-refractivity contribution is 6.04. The van der Waals surface area contributed by atoms with Gasteiger partial charge in [-0.25, -0.2) is 4.98 Å². The molecule has 7 heteroatoms. The molecule has 0 unspecified atom stereocenters. The van der Waals surface area contributed by atoms with Crippen molar-refractivity contribution in [3.63, 3.8) is 0 Å². The fourth-order valence-electron chi connectivity index (χ4n) is 4.73. The maximum Gasteiger partial charge on any atom is 0.249 e. The fraction of sp³-hybridized carbons (Fsp3) is 0.542. The van der Waals surface area contributed by atoms with Gasteiger partial charge in [-0.3, -0.25) is 4.79 Å². The number of methoxy groups -OCH3 is 1. The number of rotatable bonds is 6. The molecule has 2 aromatic rings. The summed E-state index contributed by atoms with van der Waals surface area (Å²) in [6, 6.07) is 6.33. The van der Waals surface area contributed by atoms with Crippen LogP contribution >= 0.6 is 0 Å². The molecule has 166 valence electrons. The van der Waals surface area contributed by atoms with Crippen LogP contribution in [0.3, 0.4) is 0 Å². The summed E-state index contributed by atoms with van der Waals surface area (Å²) in [6.07, 6.45) is 7.12. The molecule has 7 nitrogen and oxygen atoms in total. The molecule has 1 aliphatic heterocycles. The van der Waals surface area contributed by atoms with E-state index in [9.17, 15) is 4.79 Å². The third kappa shape index (κ3) is 3.93. The van der Waals surface area contributed by atoms with Gasteiger partial charge in [0.05, 0.1) is 19.0 Å². The molecular formula is C24H33N5O2. The van der Waals surface area contributed by atoms with Gasteiger partial charge in [0.2, 0.25) is 11.9 Å². The summed E-state index contributed by atoms with van der Waals surface area (Å²) in [5.74, 6) is 2.66. The zero-order valence-electron chi connectivity index (χ0n) is 19.2. The van der Waals surface area contributed by atoms with Gasteiger partial charge in [-0.1, -0.05) is 39.7 Å². The molecule has 1 fully saturated rings. The number of hydrogen-bond donors (Lipinski definition) is 1. The van der Waals surface area contributed by atoms with E-state index in [-0.39, 0.29) is 11.9 Å². The van der Waals surface area contributed by atoms with Crippen LogP contribution in [0.2, 0.25) is 0 Å². The van der Waals surface area contributed by atoms with Crippen LogP contribution in [0.25, 0.3) is 0 Å². The predicted molar refractivity (Wildman–Crippen MR) is 125 cm³/mol. The Kier molecular flexibility index (Phi) is 6.03. The van der Waals surface area contributed by atoms with Crippen LogP contribution in [0.4, 0.5) is 23.1 Å². The van der Waals surface area contributed by atoms with E-state index in [0.29, 0.717) is 17.9 Å². The largest absolute Gasteiger partial charge is 0.495 e. The van der Waals surface area contributed by atoms with Gasteiger partial charge in [-0.05, 0) is 42.9 Å². The van der Waals surface area contributed by atoms with Crippen LogP contribution < -0.4 is 19.9 Å². The van der Waals surface area contributed by atoms with Crippen molar-refractivity contribution in [1.29, 1.82) is 0 Å². The number of carbonyl (C=O) groups excluding carboxylic acids is 1. The van der Waals surface area contributed by atoms with Crippen molar-refractivity contribution >= 4 is 29.0 Å². The van der Waals surface area contributed by atoms with Gasteiger partial charge in [0, 0.05) is 13.1 Å². The maximum atomic E-state index is 13.0. The highest BCUT2D eigenvalue weighted by Crippen LogP contribution is 2.40. The number of carbonyl (C=O) groups is 1. The minimum absolute atomic E-state index is 0.122. The molecule has 0 spiro atoms. The Bertz CT molecular complexity index is 955. The second kappa shape index (κ2) is 8.73. The summed E-state index contributed by atoms with van der Waals surface area (Å²) in [5, 5.41) is 3.33. The third-order valence-corrected chi connectivity index (χ3v) is 6.55. The average molecular weight is 424 g/mol. The number of ether oxygens (including phenoxy) is 1. The monoisotopic (exact) mass is 423 g/mol. The van der Waals surface area contributed by atoms with Gasteiger partial charge < -0.3 is 19.9 Å². The second-order valence-corrected chi connectivity index (χ2v) is 8.81. The Morgan fingerprint density at radius 3 is 2.65 bits per heavy atom. The van der Waals surface area contributed by atoms with Crippen LogP contribution in [-0.4, -0.2) is 42.1 Å². The standard InChI is InChI=1S/C24H33N5O2/c1-6-19-23(30)28(4)20-14-25-24(27-22(20)29(19)17-9-7-8-10-17)26-18-12-11-16(15(2)3)13-21(18)31-5/h11-15,17,19H,6-10H2,1-5H3,(H,25,26,27)/t19-/m0/s1. The first kappa shape index (κ1) is 21.4. The predicted octanol–water partition coefficient (Wildman–Crippen LogP) is 4.86. The molecule has 1 N–H and O–H groups in total. The molecule has 4 rings (SSSR count). The molecule has 2 aliphatic rings. The van der Waals surface area contributed by atoms with E-state index >= 15 is 0 Å². The zero-order chi connectivity index (χ0) is 22.1. The van der Waals surface area contributed by atoms with Crippen LogP contribution in [0.5, 0.6) is 5.75 Å². The highest BCUT2D eigenvalue weighted by atomic mass is 16.5. The smallest absolute Gasteiger partial charge is 0.249 e. The van der Waals surface area contributed by atoms with Crippen molar-refractivity contribution in [2.24, 2.45) is 0 Å². The molecule has 1 saturated carbocycles. The summed E-state index contributed by atoms with van der Waals surface area (Å²) >= 11 is 0. The molecule has 1 aliphatic carbocycles. The van der Waals surface area contributed by atoms with Gasteiger partial charge in [0.25, 0.3) is 0 Å². The number of anilines is 4. The van der Waals surface area contributed by atoms with Crippen LogP contribution in [0, 0.1) is 0 Å². The summed E-state index contributed by atoms with van der Waals surface area (Å²) in [4.78, 5) is 26.4. The molecule has 0 saturated heterocycles. The lowest BCUT2D eigenvalue weighted by Gasteiger charge is -2.43.